The third kappa shape index (κ3) is 4.35. The van der Waals surface area contributed by atoms with Gasteiger partial charge in [-0.1, -0.05) is 18.2 Å². The van der Waals surface area contributed by atoms with Gasteiger partial charge in [0.2, 0.25) is 5.91 Å². The Balaban J connectivity index is 1.63. The molecule has 2 heterocycles. The molecule has 27 heavy (non-hydrogen) atoms. The average Bonchev–Trinajstić information content (AvgIpc) is 2.67. The molecule has 144 valence electrons. The Morgan fingerprint density at radius 2 is 1.78 bits per heavy atom. The predicted molar refractivity (Wildman–Crippen MR) is 101 cm³/mol. The van der Waals surface area contributed by atoms with Gasteiger partial charge in [0.15, 0.2) is 6.61 Å². The number of hydrogen-bond donors (Lipinski definition) is 0. The van der Waals surface area contributed by atoms with Crippen LogP contribution in [0.1, 0.15) is 46.0 Å². The lowest BCUT2D eigenvalue weighted by Crippen LogP contribution is -2.49. The van der Waals surface area contributed by atoms with Crippen molar-refractivity contribution in [3.8, 4) is 0 Å². The number of likely N-dealkylation sites (tertiary alicyclic amines) is 1. The average molecular weight is 371 g/mol. The summed E-state index contributed by atoms with van der Waals surface area (Å²) in [5.41, 5.74) is 0.755. The second-order valence-electron chi connectivity index (χ2n) is 7.09. The van der Waals surface area contributed by atoms with Crippen molar-refractivity contribution in [3.05, 3.63) is 30.3 Å². The molecule has 0 aliphatic carbocycles. The standard InChI is InChI=1S/C20H25N3O4/c1-14-7-6-8-15(2)22(14)19(25)13-27-20(26)17-11-12-18(24)23(21-17)16-9-4-3-5-10-16/h3-5,9-10,14-15H,6-8,11-13H2,1-2H3/t14-,15-/m0/s1. The van der Waals surface area contributed by atoms with E-state index in [0.29, 0.717) is 5.69 Å². The molecule has 1 saturated heterocycles. The van der Waals surface area contributed by atoms with Crippen LogP contribution in [-0.4, -0.2) is 47.1 Å². The third-order valence-electron chi connectivity index (χ3n) is 5.08. The molecule has 2 aliphatic heterocycles. The maximum Gasteiger partial charge on any atom is 0.355 e. The fourth-order valence-corrected chi connectivity index (χ4v) is 3.67. The van der Waals surface area contributed by atoms with E-state index >= 15 is 0 Å². The Hall–Kier alpha value is -2.70. The lowest BCUT2D eigenvalue weighted by Gasteiger charge is -2.38. The predicted octanol–water partition coefficient (Wildman–Crippen LogP) is 2.50. The molecule has 2 aliphatic rings. The number of ether oxygens (including phenoxy) is 1. The maximum absolute atomic E-state index is 12.5. The van der Waals surface area contributed by atoms with Crippen LogP contribution in [0.25, 0.3) is 0 Å². The Morgan fingerprint density at radius 3 is 2.44 bits per heavy atom. The number of hydrazone groups is 1. The zero-order chi connectivity index (χ0) is 19.4. The van der Waals surface area contributed by atoms with E-state index in [1.807, 2.05) is 19.9 Å². The van der Waals surface area contributed by atoms with Crippen LogP contribution < -0.4 is 5.01 Å². The number of carbonyl (C=O) groups excluding carboxylic acids is 3. The summed E-state index contributed by atoms with van der Waals surface area (Å²) in [5, 5.41) is 5.37. The van der Waals surface area contributed by atoms with Crippen LogP contribution in [0.2, 0.25) is 0 Å². The lowest BCUT2D eigenvalue weighted by molar-refractivity contribution is -0.150. The maximum atomic E-state index is 12.5. The van der Waals surface area contributed by atoms with E-state index in [2.05, 4.69) is 5.10 Å². The summed E-state index contributed by atoms with van der Waals surface area (Å²) in [6, 6.07) is 9.23. The first kappa shape index (κ1) is 19.1. The molecule has 0 aromatic heterocycles. The molecule has 0 radical (unpaired) electrons. The molecule has 7 heteroatoms. The molecular formula is C20H25N3O4. The van der Waals surface area contributed by atoms with E-state index in [4.69, 9.17) is 4.74 Å². The third-order valence-corrected chi connectivity index (χ3v) is 5.08. The molecule has 0 unspecified atom stereocenters. The van der Waals surface area contributed by atoms with E-state index in [1.165, 1.54) is 5.01 Å². The first-order valence-corrected chi connectivity index (χ1v) is 9.41. The monoisotopic (exact) mass is 371 g/mol. The summed E-state index contributed by atoms with van der Waals surface area (Å²) < 4.78 is 5.21. The molecular weight excluding hydrogens is 346 g/mol. The van der Waals surface area contributed by atoms with Crippen LogP contribution in [0, 0.1) is 0 Å². The van der Waals surface area contributed by atoms with Crippen molar-refractivity contribution >= 4 is 29.2 Å². The molecule has 1 aromatic rings. The minimum absolute atomic E-state index is 0.151. The summed E-state index contributed by atoms with van der Waals surface area (Å²) in [6.07, 6.45) is 3.42. The van der Waals surface area contributed by atoms with Crippen molar-refractivity contribution in [3.63, 3.8) is 0 Å². The number of para-hydroxylation sites is 1. The van der Waals surface area contributed by atoms with Gasteiger partial charge in [0.25, 0.3) is 5.91 Å². The van der Waals surface area contributed by atoms with Crippen LogP contribution in [0.3, 0.4) is 0 Å². The van der Waals surface area contributed by atoms with E-state index in [-0.39, 0.29) is 49.1 Å². The smallest absolute Gasteiger partial charge is 0.355 e. The summed E-state index contributed by atoms with van der Waals surface area (Å²) in [6.45, 7) is 3.74. The Morgan fingerprint density at radius 1 is 1.11 bits per heavy atom. The number of nitrogens with zero attached hydrogens (tertiary/aromatic N) is 3. The van der Waals surface area contributed by atoms with Crippen LogP contribution in [0.4, 0.5) is 5.69 Å². The van der Waals surface area contributed by atoms with Gasteiger partial charge in [0.05, 0.1) is 5.69 Å². The summed E-state index contributed by atoms with van der Waals surface area (Å²) in [7, 11) is 0. The quantitative estimate of drug-likeness (QED) is 0.762. The molecule has 7 nitrogen and oxygen atoms in total. The van der Waals surface area contributed by atoms with Gasteiger partial charge in [0, 0.05) is 24.9 Å². The van der Waals surface area contributed by atoms with Crippen molar-refractivity contribution in [1.82, 2.24) is 4.90 Å². The van der Waals surface area contributed by atoms with E-state index in [9.17, 15) is 14.4 Å². The normalized spacial score (nSPS) is 23.0. The van der Waals surface area contributed by atoms with Crippen molar-refractivity contribution in [2.45, 2.75) is 58.0 Å². The van der Waals surface area contributed by atoms with E-state index < -0.39 is 5.97 Å². The highest BCUT2D eigenvalue weighted by molar-refractivity contribution is 6.38. The molecule has 3 rings (SSSR count). The highest BCUT2D eigenvalue weighted by Crippen LogP contribution is 2.23. The fraction of sp³-hybridized carbons (Fsp3) is 0.500. The molecule has 0 saturated carbocycles. The first-order valence-electron chi connectivity index (χ1n) is 9.41. The number of rotatable bonds is 4. The van der Waals surface area contributed by atoms with Gasteiger partial charge < -0.3 is 9.64 Å². The van der Waals surface area contributed by atoms with E-state index in [1.54, 1.807) is 29.2 Å². The van der Waals surface area contributed by atoms with Gasteiger partial charge in [-0.2, -0.15) is 5.10 Å². The Bertz CT molecular complexity index is 737. The van der Waals surface area contributed by atoms with Gasteiger partial charge in [-0.15, -0.1) is 0 Å². The lowest BCUT2D eigenvalue weighted by atomic mass is 9.97. The first-order chi connectivity index (χ1) is 13.0. The Kier molecular flexibility index (Phi) is 5.88. The van der Waals surface area contributed by atoms with Gasteiger partial charge >= 0.3 is 5.97 Å². The second-order valence-corrected chi connectivity index (χ2v) is 7.09. The SMILES string of the molecule is C[C@H]1CCC[C@H](C)N1C(=O)COC(=O)C1=NN(c2ccccc2)C(=O)CC1. The largest absolute Gasteiger partial charge is 0.451 e. The number of amides is 2. The zero-order valence-electron chi connectivity index (χ0n) is 15.8. The van der Waals surface area contributed by atoms with Crippen molar-refractivity contribution in [2.75, 3.05) is 11.6 Å². The summed E-state index contributed by atoms with van der Waals surface area (Å²) in [4.78, 5) is 38.8. The van der Waals surface area contributed by atoms with Crippen molar-refractivity contribution in [1.29, 1.82) is 0 Å². The summed E-state index contributed by atoms with van der Waals surface area (Å²) in [5.74, 6) is -1.01. The topological polar surface area (TPSA) is 79.3 Å². The minimum Gasteiger partial charge on any atom is -0.451 e. The van der Waals surface area contributed by atoms with Crippen molar-refractivity contribution < 1.29 is 19.1 Å². The Labute approximate surface area is 159 Å². The van der Waals surface area contributed by atoms with Gasteiger partial charge in [0.1, 0.15) is 5.71 Å². The molecule has 2 atom stereocenters. The van der Waals surface area contributed by atoms with Crippen molar-refractivity contribution in [2.24, 2.45) is 5.10 Å². The van der Waals surface area contributed by atoms with E-state index in [0.717, 1.165) is 19.3 Å². The number of hydrogen-bond acceptors (Lipinski definition) is 5. The summed E-state index contributed by atoms with van der Waals surface area (Å²) >= 11 is 0. The molecule has 0 N–H and O–H groups in total. The highest BCUT2D eigenvalue weighted by Gasteiger charge is 2.31. The van der Waals surface area contributed by atoms with Gasteiger partial charge in [-0.25, -0.2) is 9.80 Å². The highest BCUT2D eigenvalue weighted by atomic mass is 16.5. The van der Waals surface area contributed by atoms with Crippen LogP contribution in [-0.2, 0) is 19.1 Å². The zero-order valence-corrected chi connectivity index (χ0v) is 15.8. The number of esters is 1. The van der Waals surface area contributed by atoms with Crippen LogP contribution in [0.15, 0.2) is 35.4 Å². The van der Waals surface area contributed by atoms with Gasteiger partial charge in [-0.05, 0) is 45.2 Å². The van der Waals surface area contributed by atoms with Gasteiger partial charge in [-0.3, -0.25) is 9.59 Å². The second kappa shape index (κ2) is 8.33. The number of piperidine rings is 1. The minimum atomic E-state index is -0.644. The number of carbonyl (C=O) groups is 3. The molecule has 1 fully saturated rings. The van der Waals surface area contributed by atoms with Crippen LogP contribution >= 0.6 is 0 Å². The molecule has 0 bridgehead atoms. The molecule has 1 aromatic carbocycles. The number of benzene rings is 1. The molecule has 2 amide bonds. The molecule has 0 spiro atoms. The fourth-order valence-electron chi connectivity index (χ4n) is 3.67. The van der Waals surface area contributed by atoms with Crippen LogP contribution in [0.5, 0.6) is 0 Å². The number of anilines is 1.